The summed E-state index contributed by atoms with van der Waals surface area (Å²) >= 11 is 1.95. The Morgan fingerprint density at radius 2 is 2.19 bits per heavy atom. The third-order valence-corrected chi connectivity index (χ3v) is 3.82. The van der Waals surface area contributed by atoms with Gasteiger partial charge in [0.1, 0.15) is 5.82 Å². The molecule has 1 saturated heterocycles. The highest BCUT2D eigenvalue weighted by Crippen LogP contribution is 2.24. The van der Waals surface area contributed by atoms with Gasteiger partial charge in [0.15, 0.2) is 0 Å². The SMILES string of the molecule is OCc1cc(F)ccc1N1CCCSCC1. The highest BCUT2D eigenvalue weighted by Gasteiger charge is 2.13. The minimum atomic E-state index is -0.281. The molecule has 0 atom stereocenters. The zero-order chi connectivity index (χ0) is 11.4. The summed E-state index contributed by atoms with van der Waals surface area (Å²) in [5.41, 5.74) is 1.67. The topological polar surface area (TPSA) is 23.5 Å². The zero-order valence-corrected chi connectivity index (χ0v) is 9.97. The van der Waals surface area contributed by atoms with Crippen LogP contribution in [0.1, 0.15) is 12.0 Å². The largest absolute Gasteiger partial charge is 0.392 e. The summed E-state index contributed by atoms with van der Waals surface area (Å²) in [6.07, 6.45) is 1.15. The molecule has 0 saturated carbocycles. The van der Waals surface area contributed by atoms with Gasteiger partial charge in [0.25, 0.3) is 0 Å². The fourth-order valence-electron chi connectivity index (χ4n) is 1.98. The monoisotopic (exact) mass is 241 g/mol. The van der Waals surface area contributed by atoms with E-state index in [-0.39, 0.29) is 12.4 Å². The van der Waals surface area contributed by atoms with Crippen molar-refractivity contribution in [1.29, 1.82) is 0 Å². The van der Waals surface area contributed by atoms with E-state index in [1.165, 1.54) is 17.9 Å². The van der Waals surface area contributed by atoms with Gasteiger partial charge >= 0.3 is 0 Å². The summed E-state index contributed by atoms with van der Waals surface area (Å²) in [4.78, 5) is 2.24. The normalized spacial score (nSPS) is 17.2. The summed E-state index contributed by atoms with van der Waals surface area (Å²) in [5.74, 6) is 2.01. The molecular formula is C12H16FNOS. The van der Waals surface area contributed by atoms with Crippen LogP contribution in [0, 0.1) is 5.82 Å². The second-order valence-corrected chi connectivity index (χ2v) is 5.11. The molecule has 1 aromatic carbocycles. The first-order chi connectivity index (χ1) is 7.81. The van der Waals surface area contributed by atoms with Gasteiger partial charge in [0, 0.05) is 30.1 Å². The van der Waals surface area contributed by atoms with Crippen LogP contribution >= 0.6 is 11.8 Å². The van der Waals surface area contributed by atoms with Crippen molar-refractivity contribution >= 4 is 17.4 Å². The van der Waals surface area contributed by atoms with Crippen LogP contribution in [0.2, 0.25) is 0 Å². The van der Waals surface area contributed by atoms with E-state index >= 15 is 0 Å². The van der Waals surface area contributed by atoms with Gasteiger partial charge in [-0.05, 0) is 30.4 Å². The van der Waals surface area contributed by atoms with Crippen molar-refractivity contribution in [2.75, 3.05) is 29.5 Å². The lowest BCUT2D eigenvalue weighted by Gasteiger charge is -2.24. The molecule has 1 aliphatic rings. The van der Waals surface area contributed by atoms with Crippen LogP contribution in [-0.2, 0) is 6.61 Å². The van der Waals surface area contributed by atoms with Crippen LogP contribution in [0.5, 0.6) is 0 Å². The Kier molecular flexibility index (Phi) is 4.07. The highest BCUT2D eigenvalue weighted by atomic mass is 32.2. The predicted molar refractivity (Wildman–Crippen MR) is 66.5 cm³/mol. The molecule has 1 heterocycles. The predicted octanol–water partition coefficient (Wildman–Crippen LogP) is 2.26. The maximum absolute atomic E-state index is 13.0. The summed E-state index contributed by atoms with van der Waals surface area (Å²) in [7, 11) is 0. The summed E-state index contributed by atoms with van der Waals surface area (Å²) in [6.45, 7) is 1.87. The molecule has 0 radical (unpaired) electrons. The van der Waals surface area contributed by atoms with Gasteiger partial charge in [0.2, 0.25) is 0 Å². The van der Waals surface area contributed by atoms with E-state index in [4.69, 9.17) is 0 Å². The first-order valence-corrected chi connectivity index (χ1v) is 6.68. The highest BCUT2D eigenvalue weighted by molar-refractivity contribution is 7.99. The fourth-order valence-corrected chi connectivity index (χ4v) is 2.86. The summed E-state index contributed by atoms with van der Waals surface area (Å²) in [6, 6.07) is 4.66. The Labute approximate surface area is 99.5 Å². The second kappa shape index (κ2) is 5.55. The number of nitrogens with zero attached hydrogens (tertiary/aromatic N) is 1. The first-order valence-electron chi connectivity index (χ1n) is 5.53. The van der Waals surface area contributed by atoms with E-state index in [0.29, 0.717) is 5.56 Å². The molecule has 0 aromatic heterocycles. The molecule has 0 spiro atoms. The number of rotatable bonds is 2. The molecule has 0 unspecified atom stereocenters. The Balaban J connectivity index is 2.23. The zero-order valence-electron chi connectivity index (χ0n) is 9.16. The lowest BCUT2D eigenvalue weighted by molar-refractivity contribution is 0.281. The van der Waals surface area contributed by atoms with Crippen LogP contribution in [0.25, 0.3) is 0 Å². The van der Waals surface area contributed by atoms with Gasteiger partial charge in [0.05, 0.1) is 6.61 Å². The average Bonchev–Trinajstić information content (AvgIpc) is 2.57. The number of hydrogen-bond acceptors (Lipinski definition) is 3. The number of thioether (sulfide) groups is 1. The number of benzene rings is 1. The first kappa shape index (κ1) is 11.7. The van der Waals surface area contributed by atoms with E-state index in [2.05, 4.69) is 4.90 Å². The number of aliphatic hydroxyl groups excluding tert-OH is 1. The minimum absolute atomic E-state index is 0.100. The molecule has 1 aromatic rings. The second-order valence-electron chi connectivity index (χ2n) is 3.88. The Bertz CT molecular complexity index is 351. The van der Waals surface area contributed by atoms with Gasteiger partial charge in [-0.2, -0.15) is 11.8 Å². The van der Waals surface area contributed by atoms with Gasteiger partial charge in [-0.3, -0.25) is 0 Å². The molecule has 16 heavy (non-hydrogen) atoms. The van der Waals surface area contributed by atoms with Crippen LogP contribution in [0.3, 0.4) is 0 Å². The van der Waals surface area contributed by atoms with E-state index < -0.39 is 0 Å². The maximum atomic E-state index is 13.0. The van der Waals surface area contributed by atoms with Gasteiger partial charge in [-0.1, -0.05) is 0 Å². The number of hydrogen-bond donors (Lipinski definition) is 1. The minimum Gasteiger partial charge on any atom is -0.392 e. The van der Waals surface area contributed by atoms with Crippen molar-refractivity contribution in [3.63, 3.8) is 0 Å². The van der Waals surface area contributed by atoms with Crippen LogP contribution < -0.4 is 4.90 Å². The average molecular weight is 241 g/mol. The van der Waals surface area contributed by atoms with Crippen molar-refractivity contribution in [3.05, 3.63) is 29.6 Å². The van der Waals surface area contributed by atoms with Gasteiger partial charge in [-0.15, -0.1) is 0 Å². The fraction of sp³-hybridized carbons (Fsp3) is 0.500. The van der Waals surface area contributed by atoms with Crippen molar-refractivity contribution in [1.82, 2.24) is 0 Å². The van der Waals surface area contributed by atoms with Gasteiger partial charge in [-0.25, -0.2) is 4.39 Å². The molecule has 0 bridgehead atoms. The molecule has 4 heteroatoms. The Morgan fingerprint density at radius 3 is 3.00 bits per heavy atom. The quantitative estimate of drug-likeness (QED) is 0.859. The smallest absolute Gasteiger partial charge is 0.123 e. The third kappa shape index (κ3) is 2.68. The third-order valence-electron chi connectivity index (χ3n) is 2.77. The lowest BCUT2D eigenvalue weighted by Crippen LogP contribution is -2.26. The van der Waals surface area contributed by atoms with Crippen molar-refractivity contribution in [3.8, 4) is 0 Å². The molecule has 0 aliphatic carbocycles. The van der Waals surface area contributed by atoms with Crippen molar-refractivity contribution < 1.29 is 9.50 Å². The Morgan fingerprint density at radius 1 is 1.31 bits per heavy atom. The molecule has 88 valence electrons. The molecule has 1 aliphatic heterocycles. The maximum Gasteiger partial charge on any atom is 0.123 e. The molecule has 2 nitrogen and oxygen atoms in total. The molecule has 1 fully saturated rings. The van der Waals surface area contributed by atoms with Crippen LogP contribution in [-0.4, -0.2) is 29.7 Å². The molecule has 2 rings (SSSR count). The Hall–Kier alpha value is -0.740. The van der Waals surface area contributed by atoms with E-state index in [1.807, 2.05) is 11.8 Å². The number of aliphatic hydroxyl groups is 1. The summed E-state index contributed by atoms with van der Waals surface area (Å²) in [5, 5.41) is 9.25. The van der Waals surface area contributed by atoms with Crippen LogP contribution in [0.15, 0.2) is 18.2 Å². The molecule has 0 amide bonds. The van der Waals surface area contributed by atoms with Crippen molar-refractivity contribution in [2.45, 2.75) is 13.0 Å². The van der Waals surface area contributed by atoms with Crippen molar-refractivity contribution in [2.24, 2.45) is 0 Å². The van der Waals surface area contributed by atoms with E-state index in [9.17, 15) is 9.50 Å². The standard InChI is InChI=1S/C12H16FNOS/c13-11-2-3-12(10(8-11)9-15)14-4-1-6-16-7-5-14/h2-3,8,15H,1,4-7,9H2. The van der Waals surface area contributed by atoms with E-state index in [1.54, 1.807) is 6.07 Å². The number of anilines is 1. The summed E-state index contributed by atoms with van der Waals surface area (Å²) < 4.78 is 13.0. The van der Waals surface area contributed by atoms with E-state index in [0.717, 1.165) is 31.0 Å². The molecule has 1 N–H and O–H groups in total. The number of halogens is 1. The molecular weight excluding hydrogens is 225 g/mol. The lowest BCUT2D eigenvalue weighted by atomic mass is 10.1. The van der Waals surface area contributed by atoms with Gasteiger partial charge < -0.3 is 10.0 Å². The van der Waals surface area contributed by atoms with Crippen LogP contribution in [0.4, 0.5) is 10.1 Å².